The normalized spacial score (nSPS) is 16.4. The molecule has 1 aliphatic heterocycles. The maximum Gasteiger partial charge on any atom is 0.278 e. The summed E-state index contributed by atoms with van der Waals surface area (Å²) in [5.74, 6) is -0.833. The SMILES string of the molecule is O=C1c2c(O)c(=O)ccn2N(C(c2ccccc2)c2ccccc2)C2(CCCC2)N1Cc1ccccc1. The van der Waals surface area contributed by atoms with Crippen LogP contribution in [0.2, 0.25) is 0 Å². The number of aromatic hydroxyl groups is 1. The Kier molecular flexibility index (Phi) is 5.80. The summed E-state index contributed by atoms with van der Waals surface area (Å²) < 4.78 is 1.75. The fourth-order valence-electron chi connectivity index (χ4n) is 6.07. The van der Waals surface area contributed by atoms with E-state index in [1.165, 1.54) is 6.07 Å². The van der Waals surface area contributed by atoms with Gasteiger partial charge in [0, 0.05) is 18.8 Å². The molecule has 1 aromatic heterocycles. The number of amides is 1. The van der Waals surface area contributed by atoms with Crippen molar-refractivity contribution in [2.24, 2.45) is 0 Å². The van der Waals surface area contributed by atoms with E-state index in [2.05, 4.69) is 29.3 Å². The molecule has 6 heteroatoms. The van der Waals surface area contributed by atoms with Gasteiger partial charge >= 0.3 is 0 Å². The number of fused-ring (bicyclic) bond motifs is 1. The molecule has 0 saturated heterocycles. The number of carbonyl (C=O) groups is 1. The molecule has 1 N–H and O–H groups in total. The molecule has 4 aromatic rings. The molecule has 186 valence electrons. The van der Waals surface area contributed by atoms with Crippen LogP contribution in [0.4, 0.5) is 0 Å². The number of hydrogen-bond donors (Lipinski definition) is 1. The first-order valence-electron chi connectivity index (χ1n) is 12.8. The molecule has 1 fully saturated rings. The van der Waals surface area contributed by atoms with Crippen molar-refractivity contribution in [1.29, 1.82) is 0 Å². The molecule has 1 spiro atoms. The third-order valence-electron chi connectivity index (χ3n) is 7.73. The van der Waals surface area contributed by atoms with Crippen molar-refractivity contribution in [2.75, 3.05) is 5.01 Å². The lowest BCUT2D eigenvalue weighted by atomic mass is 9.92. The van der Waals surface area contributed by atoms with Crippen molar-refractivity contribution >= 4 is 5.91 Å². The maximum absolute atomic E-state index is 14.2. The highest BCUT2D eigenvalue weighted by atomic mass is 16.3. The van der Waals surface area contributed by atoms with Gasteiger partial charge in [-0.2, -0.15) is 0 Å². The summed E-state index contributed by atoms with van der Waals surface area (Å²) in [5, 5.41) is 13.2. The summed E-state index contributed by atoms with van der Waals surface area (Å²) in [7, 11) is 0. The van der Waals surface area contributed by atoms with Crippen molar-refractivity contribution in [2.45, 2.75) is 43.9 Å². The second-order valence-electron chi connectivity index (χ2n) is 9.86. The van der Waals surface area contributed by atoms with Gasteiger partial charge in [0.2, 0.25) is 5.43 Å². The Morgan fingerprint density at radius 1 is 0.757 bits per heavy atom. The first-order valence-corrected chi connectivity index (χ1v) is 12.8. The summed E-state index contributed by atoms with van der Waals surface area (Å²) in [5.41, 5.74) is 1.95. The van der Waals surface area contributed by atoms with Crippen LogP contribution in [0.1, 0.15) is 58.9 Å². The third kappa shape index (κ3) is 3.80. The zero-order chi connectivity index (χ0) is 25.4. The number of nitrogens with zero attached hydrogens (tertiary/aromatic N) is 3. The molecular formula is C31H29N3O3. The summed E-state index contributed by atoms with van der Waals surface area (Å²) in [6.07, 6.45) is 5.18. The van der Waals surface area contributed by atoms with Crippen molar-refractivity contribution in [3.8, 4) is 5.75 Å². The molecule has 6 nitrogen and oxygen atoms in total. The van der Waals surface area contributed by atoms with Crippen molar-refractivity contribution < 1.29 is 9.90 Å². The van der Waals surface area contributed by atoms with Gasteiger partial charge in [0.1, 0.15) is 5.66 Å². The molecule has 1 aliphatic carbocycles. The van der Waals surface area contributed by atoms with Crippen LogP contribution in [0.3, 0.4) is 0 Å². The van der Waals surface area contributed by atoms with E-state index in [4.69, 9.17) is 0 Å². The van der Waals surface area contributed by atoms with Gasteiger partial charge in [0.25, 0.3) is 5.91 Å². The lowest BCUT2D eigenvalue weighted by Gasteiger charge is -2.57. The van der Waals surface area contributed by atoms with Gasteiger partial charge in [-0.1, -0.05) is 91.0 Å². The molecule has 0 atom stereocenters. The van der Waals surface area contributed by atoms with Crippen molar-refractivity contribution in [3.05, 3.63) is 136 Å². The second kappa shape index (κ2) is 9.28. The van der Waals surface area contributed by atoms with Crippen LogP contribution >= 0.6 is 0 Å². The first kappa shape index (κ1) is 23.1. The quantitative estimate of drug-likeness (QED) is 0.416. The molecule has 2 heterocycles. The molecule has 37 heavy (non-hydrogen) atoms. The predicted molar refractivity (Wildman–Crippen MR) is 143 cm³/mol. The fourth-order valence-corrected chi connectivity index (χ4v) is 6.07. The average Bonchev–Trinajstić information content (AvgIpc) is 3.42. The molecule has 0 bridgehead atoms. The Balaban J connectivity index is 1.64. The monoisotopic (exact) mass is 491 g/mol. The Morgan fingerprint density at radius 2 is 1.30 bits per heavy atom. The summed E-state index contributed by atoms with van der Waals surface area (Å²) in [6.45, 7) is 0.384. The van der Waals surface area contributed by atoms with E-state index in [-0.39, 0.29) is 17.6 Å². The molecular weight excluding hydrogens is 462 g/mol. The second-order valence-corrected chi connectivity index (χ2v) is 9.86. The van der Waals surface area contributed by atoms with Crippen LogP contribution in [-0.4, -0.2) is 26.3 Å². The van der Waals surface area contributed by atoms with Crippen LogP contribution < -0.4 is 10.4 Å². The highest BCUT2D eigenvalue weighted by Gasteiger charge is 2.54. The van der Waals surface area contributed by atoms with Crippen LogP contribution in [0.5, 0.6) is 5.75 Å². The highest BCUT2D eigenvalue weighted by molar-refractivity contribution is 5.97. The van der Waals surface area contributed by atoms with Gasteiger partial charge in [-0.3, -0.25) is 19.3 Å². The van der Waals surface area contributed by atoms with Gasteiger partial charge < -0.3 is 10.0 Å². The van der Waals surface area contributed by atoms with E-state index in [1.807, 2.05) is 71.6 Å². The average molecular weight is 492 g/mol. The zero-order valence-electron chi connectivity index (χ0n) is 20.5. The Bertz CT molecular complexity index is 1420. The van der Waals surface area contributed by atoms with E-state index in [1.54, 1.807) is 10.9 Å². The van der Waals surface area contributed by atoms with Crippen molar-refractivity contribution in [3.63, 3.8) is 0 Å². The minimum Gasteiger partial charge on any atom is -0.502 e. The molecule has 3 aromatic carbocycles. The third-order valence-corrected chi connectivity index (χ3v) is 7.73. The van der Waals surface area contributed by atoms with E-state index in [0.717, 1.165) is 42.4 Å². The van der Waals surface area contributed by atoms with Gasteiger partial charge in [0.05, 0.1) is 6.04 Å². The summed E-state index contributed by atoms with van der Waals surface area (Å²) >= 11 is 0. The molecule has 6 rings (SSSR count). The Labute approximate surface area is 216 Å². The largest absolute Gasteiger partial charge is 0.502 e. The topological polar surface area (TPSA) is 65.8 Å². The van der Waals surface area contributed by atoms with Gasteiger partial charge in [0.15, 0.2) is 11.4 Å². The molecule has 1 amide bonds. The van der Waals surface area contributed by atoms with E-state index in [9.17, 15) is 14.7 Å². The standard InChI is InChI=1S/C31H29N3O3/c35-26-18-21-33-28(29(26)36)30(37)32(22-23-12-4-1-5-13-23)31(19-10-11-20-31)34(33)27(24-14-6-2-7-15-24)25-16-8-3-9-17-25/h1-9,12-18,21,27,36H,10-11,19-20,22H2. The van der Waals surface area contributed by atoms with E-state index < -0.39 is 16.8 Å². The number of rotatable bonds is 5. The Hall–Kier alpha value is -4.32. The first-order chi connectivity index (χ1) is 18.1. The maximum atomic E-state index is 14.2. The van der Waals surface area contributed by atoms with Crippen LogP contribution in [0.25, 0.3) is 0 Å². The van der Waals surface area contributed by atoms with Gasteiger partial charge in [-0.15, -0.1) is 0 Å². The lowest BCUT2D eigenvalue weighted by molar-refractivity contribution is 0.0198. The fraction of sp³-hybridized carbons (Fsp3) is 0.226. The molecule has 0 radical (unpaired) electrons. The minimum absolute atomic E-state index is 0.0119. The molecule has 2 aliphatic rings. The molecule has 1 saturated carbocycles. The number of benzene rings is 3. The Morgan fingerprint density at radius 3 is 1.86 bits per heavy atom. The number of aromatic nitrogens is 1. The van der Waals surface area contributed by atoms with E-state index >= 15 is 0 Å². The minimum atomic E-state index is -0.641. The number of hydrogen-bond acceptors (Lipinski definition) is 4. The smallest absolute Gasteiger partial charge is 0.278 e. The molecule has 0 unspecified atom stereocenters. The zero-order valence-corrected chi connectivity index (χ0v) is 20.5. The number of carbonyl (C=O) groups excluding carboxylic acids is 1. The van der Waals surface area contributed by atoms with Crippen LogP contribution in [0.15, 0.2) is 108 Å². The number of pyridine rings is 1. The highest BCUT2D eigenvalue weighted by Crippen LogP contribution is 2.47. The van der Waals surface area contributed by atoms with Crippen LogP contribution in [0, 0.1) is 0 Å². The summed E-state index contributed by atoms with van der Waals surface area (Å²) in [4.78, 5) is 28.6. The van der Waals surface area contributed by atoms with Crippen LogP contribution in [-0.2, 0) is 6.54 Å². The summed E-state index contributed by atoms with van der Waals surface area (Å²) in [6, 6.07) is 31.5. The lowest BCUT2D eigenvalue weighted by Crippen LogP contribution is -2.69. The van der Waals surface area contributed by atoms with E-state index in [0.29, 0.717) is 6.54 Å². The van der Waals surface area contributed by atoms with Gasteiger partial charge in [-0.05, 0) is 42.4 Å². The van der Waals surface area contributed by atoms with Crippen molar-refractivity contribution in [1.82, 2.24) is 9.58 Å². The van der Waals surface area contributed by atoms with Gasteiger partial charge in [-0.25, -0.2) is 0 Å². The predicted octanol–water partition coefficient (Wildman–Crippen LogP) is 5.21.